The van der Waals surface area contributed by atoms with Crippen LogP contribution in [0.2, 0.25) is 0 Å². The van der Waals surface area contributed by atoms with Crippen LogP contribution in [0.3, 0.4) is 0 Å². The van der Waals surface area contributed by atoms with Crippen LogP contribution in [0.25, 0.3) is 0 Å². The van der Waals surface area contributed by atoms with E-state index in [2.05, 4.69) is 0 Å². The SMILES string of the molecule is COCC(O)C1CCN(C(=O)OCc2ccccc2)CC1. The van der Waals surface area contributed by atoms with E-state index in [1.54, 1.807) is 12.0 Å². The minimum Gasteiger partial charge on any atom is -0.445 e. The number of nitrogens with zero attached hydrogens (tertiary/aromatic N) is 1. The molecule has 1 N–H and O–H groups in total. The van der Waals surface area contributed by atoms with Gasteiger partial charge >= 0.3 is 6.09 Å². The largest absolute Gasteiger partial charge is 0.445 e. The summed E-state index contributed by atoms with van der Waals surface area (Å²) in [6.45, 7) is 1.90. The molecule has 0 saturated carbocycles. The molecular formula is C16H23NO4. The minimum absolute atomic E-state index is 0.197. The van der Waals surface area contributed by atoms with Crippen LogP contribution in [0.4, 0.5) is 4.79 Å². The molecule has 1 aromatic carbocycles. The second-order valence-corrected chi connectivity index (χ2v) is 5.39. The summed E-state index contributed by atoms with van der Waals surface area (Å²) in [4.78, 5) is 13.7. The fourth-order valence-electron chi connectivity index (χ4n) is 2.58. The van der Waals surface area contributed by atoms with E-state index in [1.165, 1.54) is 0 Å². The van der Waals surface area contributed by atoms with Gasteiger partial charge in [0.15, 0.2) is 0 Å². The Kier molecular flexibility index (Phi) is 6.02. The van der Waals surface area contributed by atoms with Crippen molar-refractivity contribution in [2.75, 3.05) is 26.8 Å². The van der Waals surface area contributed by atoms with Crippen molar-refractivity contribution in [2.45, 2.75) is 25.6 Å². The molecule has 1 aliphatic rings. The van der Waals surface area contributed by atoms with Gasteiger partial charge in [-0.3, -0.25) is 0 Å². The summed E-state index contributed by atoms with van der Waals surface area (Å²) in [5, 5.41) is 9.89. The highest BCUT2D eigenvalue weighted by Gasteiger charge is 2.28. The van der Waals surface area contributed by atoms with E-state index in [1.807, 2.05) is 30.3 Å². The van der Waals surface area contributed by atoms with Crippen LogP contribution in [0.1, 0.15) is 18.4 Å². The fourth-order valence-corrected chi connectivity index (χ4v) is 2.58. The number of carbonyl (C=O) groups excluding carboxylic acids is 1. The number of amides is 1. The zero-order valence-corrected chi connectivity index (χ0v) is 12.4. The van der Waals surface area contributed by atoms with Crippen LogP contribution >= 0.6 is 0 Å². The Morgan fingerprint density at radius 2 is 2.00 bits per heavy atom. The summed E-state index contributed by atoms with van der Waals surface area (Å²) in [5.41, 5.74) is 0.983. The lowest BCUT2D eigenvalue weighted by molar-refractivity contribution is 0.00110. The molecule has 1 unspecified atom stereocenters. The van der Waals surface area contributed by atoms with E-state index >= 15 is 0 Å². The van der Waals surface area contributed by atoms with Crippen molar-refractivity contribution < 1.29 is 19.4 Å². The molecule has 1 aromatic rings. The molecule has 0 aromatic heterocycles. The van der Waals surface area contributed by atoms with Crippen LogP contribution in [0, 0.1) is 5.92 Å². The van der Waals surface area contributed by atoms with Crippen molar-refractivity contribution >= 4 is 6.09 Å². The van der Waals surface area contributed by atoms with Gasteiger partial charge < -0.3 is 19.5 Å². The van der Waals surface area contributed by atoms with Crippen molar-refractivity contribution in [3.8, 4) is 0 Å². The Bertz CT molecular complexity index is 429. The second-order valence-electron chi connectivity index (χ2n) is 5.39. The number of ether oxygens (including phenoxy) is 2. The van der Waals surface area contributed by atoms with Crippen LogP contribution < -0.4 is 0 Å². The second kappa shape index (κ2) is 8.00. The monoisotopic (exact) mass is 293 g/mol. The van der Waals surface area contributed by atoms with E-state index in [0.29, 0.717) is 26.3 Å². The van der Waals surface area contributed by atoms with Gasteiger partial charge in [0.25, 0.3) is 0 Å². The molecule has 1 amide bonds. The first-order valence-electron chi connectivity index (χ1n) is 7.33. The first kappa shape index (κ1) is 15.8. The molecule has 5 nitrogen and oxygen atoms in total. The van der Waals surface area contributed by atoms with E-state index in [0.717, 1.165) is 18.4 Å². The average Bonchev–Trinajstić information content (AvgIpc) is 2.54. The third kappa shape index (κ3) is 4.72. The average molecular weight is 293 g/mol. The number of hydrogen-bond acceptors (Lipinski definition) is 4. The molecular weight excluding hydrogens is 270 g/mol. The van der Waals surface area contributed by atoms with Crippen LogP contribution in [-0.2, 0) is 16.1 Å². The maximum atomic E-state index is 12.0. The molecule has 0 bridgehead atoms. The normalized spacial score (nSPS) is 17.5. The third-order valence-electron chi connectivity index (χ3n) is 3.88. The molecule has 2 rings (SSSR count). The van der Waals surface area contributed by atoms with Gasteiger partial charge in [-0.2, -0.15) is 0 Å². The first-order chi connectivity index (χ1) is 10.2. The third-order valence-corrected chi connectivity index (χ3v) is 3.88. The molecule has 0 aliphatic carbocycles. The molecule has 1 atom stereocenters. The maximum absolute atomic E-state index is 12.0. The summed E-state index contributed by atoms with van der Waals surface area (Å²) in [7, 11) is 1.58. The molecule has 1 aliphatic heterocycles. The van der Waals surface area contributed by atoms with Gasteiger partial charge in [0, 0.05) is 20.2 Å². The van der Waals surface area contributed by atoms with Crippen LogP contribution in [0.5, 0.6) is 0 Å². The molecule has 1 heterocycles. The highest BCUT2D eigenvalue weighted by Crippen LogP contribution is 2.21. The van der Waals surface area contributed by atoms with Gasteiger partial charge in [0.05, 0.1) is 12.7 Å². The van der Waals surface area contributed by atoms with E-state index in [4.69, 9.17) is 9.47 Å². The van der Waals surface area contributed by atoms with E-state index in [9.17, 15) is 9.90 Å². The lowest BCUT2D eigenvalue weighted by Gasteiger charge is -2.33. The summed E-state index contributed by atoms with van der Waals surface area (Å²) >= 11 is 0. The number of aliphatic hydroxyl groups is 1. The van der Waals surface area contributed by atoms with Gasteiger partial charge in [0.2, 0.25) is 0 Å². The number of benzene rings is 1. The van der Waals surface area contributed by atoms with Crippen molar-refractivity contribution in [1.29, 1.82) is 0 Å². The Labute approximate surface area is 125 Å². The van der Waals surface area contributed by atoms with Crippen molar-refractivity contribution in [2.24, 2.45) is 5.92 Å². The number of carbonyl (C=O) groups is 1. The van der Waals surface area contributed by atoms with Gasteiger partial charge in [-0.1, -0.05) is 30.3 Å². The lowest BCUT2D eigenvalue weighted by atomic mass is 9.92. The number of hydrogen-bond donors (Lipinski definition) is 1. The molecule has 0 spiro atoms. The summed E-state index contributed by atoms with van der Waals surface area (Å²) < 4.78 is 10.3. The zero-order valence-electron chi connectivity index (χ0n) is 12.4. The van der Waals surface area contributed by atoms with Crippen LogP contribution in [-0.4, -0.2) is 49.0 Å². The Balaban J connectivity index is 1.73. The van der Waals surface area contributed by atoms with Gasteiger partial charge in [-0.15, -0.1) is 0 Å². The lowest BCUT2D eigenvalue weighted by Crippen LogP contribution is -2.42. The van der Waals surface area contributed by atoms with Crippen molar-refractivity contribution in [1.82, 2.24) is 4.90 Å². The van der Waals surface area contributed by atoms with E-state index in [-0.39, 0.29) is 12.0 Å². The van der Waals surface area contributed by atoms with E-state index < -0.39 is 6.10 Å². The number of likely N-dealkylation sites (tertiary alicyclic amines) is 1. The maximum Gasteiger partial charge on any atom is 0.410 e. The molecule has 1 saturated heterocycles. The standard InChI is InChI=1S/C16H23NO4/c1-20-12-15(18)14-7-9-17(10-8-14)16(19)21-11-13-5-3-2-4-6-13/h2-6,14-15,18H,7-12H2,1H3. The van der Waals surface area contributed by atoms with Gasteiger partial charge in [-0.25, -0.2) is 4.79 Å². The van der Waals surface area contributed by atoms with Crippen LogP contribution in [0.15, 0.2) is 30.3 Å². The Morgan fingerprint density at radius 1 is 1.33 bits per heavy atom. The highest BCUT2D eigenvalue weighted by molar-refractivity contribution is 5.67. The quantitative estimate of drug-likeness (QED) is 0.902. The summed E-state index contributed by atoms with van der Waals surface area (Å²) in [6.07, 6.45) is 0.839. The predicted molar refractivity (Wildman–Crippen MR) is 78.8 cm³/mol. The predicted octanol–water partition coefficient (Wildman–Crippen LogP) is 2.04. The van der Waals surface area contributed by atoms with Gasteiger partial charge in [-0.05, 0) is 24.3 Å². The molecule has 0 radical (unpaired) electrons. The Hall–Kier alpha value is -1.59. The topological polar surface area (TPSA) is 59.0 Å². The number of rotatable bonds is 5. The smallest absolute Gasteiger partial charge is 0.410 e. The minimum atomic E-state index is -0.447. The summed E-state index contributed by atoms with van der Waals surface area (Å²) in [6, 6.07) is 9.64. The summed E-state index contributed by atoms with van der Waals surface area (Å²) in [5.74, 6) is 0.197. The molecule has 21 heavy (non-hydrogen) atoms. The van der Waals surface area contributed by atoms with Gasteiger partial charge in [0.1, 0.15) is 6.61 Å². The zero-order chi connectivity index (χ0) is 15.1. The molecule has 1 fully saturated rings. The number of methoxy groups -OCH3 is 1. The number of piperidine rings is 1. The highest BCUT2D eigenvalue weighted by atomic mass is 16.6. The first-order valence-corrected chi connectivity index (χ1v) is 7.33. The van der Waals surface area contributed by atoms with Crippen molar-refractivity contribution in [3.05, 3.63) is 35.9 Å². The Morgan fingerprint density at radius 3 is 2.62 bits per heavy atom. The molecule has 116 valence electrons. The van der Waals surface area contributed by atoms with Crippen molar-refractivity contribution in [3.63, 3.8) is 0 Å². The fraction of sp³-hybridized carbons (Fsp3) is 0.562. The number of aliphatic hydroxyl groups excluding tert-OH is 1. The molecule has 5 heteroatoms.